The van der Waals surface area contributed by atoms with Gasteiger partial charge in [-0.15, -0.1) is 0 Å². The summed E-state index contributed by atoms with van der Waals surface area (Å²) >= 11 is 0. The monoisotopic (exact) mass is 291 g/mol. The quantitative estimate of drug-likeness (QED) is 0.471. The fourth-order valence-corrected chi connectivity index (χ4v) is 2.22. The van der Waals surface area contributed by atoms with Crippen LogP contribution in [0.1, 0.15) is 58.8 Å². The lowest BCUT2D eigenvalue weighted by atomic mass is 10.1. The molecule has 0 spiro atoms. The molecule has 21 heavy (non-hydrogen) atoms. The Hall–Kier alpha value is -1.51. The first-order valence-electron chi connectivity index (χ1n) is 8.20. The van der Waals surface area contributed by atoms with Crippen LogP contribution >= 0.6 is 0 Å². The zero-order chi connectivity index (χ0) is 15.3. The Kier molecular flexibility index (Phi) is 9.34. The zero-order valence-electron chi connectivity index (χ0n) is 13.4. The normalized spacial score (nSPS) is 11.9. The first-order chi connectivity index (χ1) is 10.2. The molecular formula is C18H29NO2. The Balaban J connectivity index is 2.02. The minimum absolute atomic E-state index is 0.0523. The van der Waals surface area contributed by atoms with Crippen molar-refractivity contribution in [2.45, 2.75) is 64.9 Å². The highest BCUT2D eigenvalue weighted by Gasteiger charge is 2.08. The molecule has 0 bridgehead atoms. The standard InChI is InChI=1S/C18H29NO2/c1-3-4-5-7-11-16(2)21-18(20)14-10-15-19-17-12-8-6-9-13-17/h6,8-9,12-13,16,19H,3-5,7,10-11,14-15H2,1-2H3. The number of unbranched alkanes of at least 4 members (excludes halogenated alkanes) is 3. The lowest BCUT2D eigenvalue weighted by Crippen LogP contribution is -2.15. The highest BCUT2D eigenvalue weighted by atomic mass is 16.5. The summed E-state index contributed by atoms with van der Waals surface area (Å²) in [6.45, 7) is 4.99. The van der Waals surface area contributed by atoms with E-state index < -0.39 is 0 Å². The molecule has 3 nitrogen and oxygen atoms in total. The fourth-order valence-electron chi connectivity index (χ4n) is 2.22. The van der Waals surface area contributed by atoms with E-state index in [2.05, 4.69) is 12.2 Å². The molecule has 0 saturated heterocycles. The third-order valence-electron chi connectivity index (χ3n) is 3.46. The van der Waals surface area contributed by atoms with Gasteiger partial charge in [-0.2, -0.15) is 0 Å². The Morgan fingerprint density at radius 3 is 2.62 bits per heavy atom. The first kappa shape index (κ1) is 17.5. The van der Waals surface area contributed by atoms with Gasteiger partial charge in [-0.3, -0.25) is 4.79 Å². The van der Waals surface area contributed by atoms with Gasteiger partial charge in [0.25, 0.3) is 0 Å². The molecule has 0 aromatic heterocycles. The molecule has 0 aliphatic carbocycles. The number of carbonyl (C=O) groups excluding carboxylic acids is 1. The van der Waals surface area contributed by atoms with Gasteiger partial charge in [-0.1, -0.05) is 44.4 Å². The number of hydrogen-bond donors (Lipinski definition) is 1. The molecule has 1 atom stereocenters. The maximum Gasteiger partial charge on any atom is 0.306 e. The summed E-state index contributed by atoms with van der Waals surface area (Å²) in [4.78, 5) is 11.7. The predicted octanol–water partition coefficient (Wildman–Crippen LogP) is 4.78. The summed E-state index contributed by atoms with van der Waals surface area (Å²) < 4.78 is 5.42. The number of ether oxygens (including phenoxy) is 1. The molecule has 1 aromatic carbocycles. The predicted molar refractivity (Wildman–Crippen MR) is 88.5 cm³/mol. The molecule has 0 saturated carbocycles. The van der Waals surface area contributed by atoms with E-state index in [0.717, 1.165) is 31.5 Å². The van der Waals surface area contributed by atoms with Crippen molar-refractivity contribution < 1.29 is 9.53 Å². The van der Waals surface area contributed by atoms with Crippen LogP contribution in [0.2, 0.25) is 0 Å². The first-order valence-corrected chi connectivity index (χ1v) is 8.20. The van der Waals surface area contributed by atoms with E-state index in [1.54, 1.807) is 0 Å². The van der Waals surface area contributed by atoms with Crippen LogP contribution in [0.3, 0.4) is 0 Å². The van der Waals surface area contributed by atoms with Crippen molar-refractivity contribution in [1.82, 2.24) is 0 Å². The van der Waals surface area contributed by atoms with Gasteiger partial charge in [0.05, 0.1) is 6.10 Å². The van der Waals surface area contributed by atoms with Crippen LogP contribution in [0, 0.1) is 0 Å². The van der Waals surface area contributed by atoms with Crippen molar-refractivity contribution in [3.8, 4) is 0 Å². The SMILES string of the molecule is CCCCCCC(C)OC(=O)CCCNc1ccccc1. The Labute approximate surface area is 129 Å². The minimum atomic E-state index is -0.0761. The van der Waals surface area contributed by atoms with Gasteiger partial charge >= 0.3 is 5.97 Å². The van der Waals surface area contributed by atoms with Gasteiger partial charge in [0, 0.05) is 18.7 Å². The largest absolute Gasteiger partial charge is 0.463 e. The van der Waals surface area contributed by atoms with E-state index in [9.17, 15) is 4.79 Å². The van der Waals surface area contributed by atoms with Crippen molar-refractivity contribution in [2.24, 2.45) is 0 Å². The molecule has 118 valence electrons. The summed E-state index contributed by atoms with van der Waals surface area (Å²) in [5.74, 6) is -0.0761. The van der Waals surface area contributed by atoms with Crippen LogP contribution in [-0.4, -0.2) is 18.6 Å². The smallest absolute Gasteiger partial charge is 0.306 e. The maximum atomic E-state index is 11.7. The molecule has 1 unspecified atom stereocenters. The summed E-state index contributed by atoms with van der Waals surface area (Å²) in [5, 5.41) is 3.29. The second-order valence-corrected chi connectivity index (χ2v) is 5.55. The van der Waals surface area contributed by atoms with E-state index >= 15 is 0 Å². The van der Waals surface area contributed by atoms with Crippen molar-refractivity contribution in [2.75, 3.05) is 11.9 Å². The van der Waals surface area contributed by atoms with Crippen LogP contribution in [0.15, 0.2) is 30.3 Å². The summed E-state index contributed by atoms with van der Waals surface area (Å²) in [7, 11) is 0. The van der Waals surface area contributed by atoms with Crippen molar-refractivity contribution in [1.29, 1.82) is 0 Å². The van der Waals surface area contributed by atoms with E-state index in [0.29, 0.717) is 6.42 Å². The van der Waals surface area contributed by atoms with Gasteiger partial charge in [0.2, 0.25) is 0 Å². The van der Waals surface area contributed by atoms with Crippen LogP contribution < -0.4 is 5.32 Å². The Bertz CT molecular complexity index is 378. The molecule has 0 aliphatic heterocycles. The Morgan fingerprint density at radius 2 is 1.90 bits per heavy atom. The molecule has 1 N–H and O–H groups in total. The summed E-state index contributed by atoms with van der Waals surface area (Å²) in [6, 6.07) is 10.0. The molecule has 0 fully saturated rings. The van der Waals surface area contributed by atoms with E-state index in [1.807, 2.05) is 37.3 Å². The van der Waals surface area contributed by atoms with Crippen LogP contribution in [0.4, 0.5) is 5.69 Å². The van der Waals surface area contributed by atoms with Crippen molar-refractivity contribution >= 4 is 11.7 Å². The summed E-state index contributed by atoms with van der Waals surface area (Å²) in [5.41, 5.74) is 1.09. The van der Waals surface area contributed by atoms with Crippen LogP contribution in [0.25, 0.3) is 0 Å². The maximum absolute atomic E-state index is 11.7. The van der Waals surface area contributed by atoms with Gasteiger partial charge in [-0.25, -0.2) is 0 Å². The van der Waals surface area contributed by atoms with Gasteiger partial charge < -0.3 is 10.1 Å². The highest BCUT2D eigenvalue weighted by molar-refractivity contribution is 5.69. The fraction of sp³-hybridized carbons (Fsp3) is 0.611. The average molecular weight is 291 g/mol. The Morgan fingerprint density at radius 1 is 1.14 bits per heavy atom. The minimum Gasteiger partial charge on any atom is -0.463 e. The molecule has 3 heteroatoms. The number of rotatable bonds is 11. The number of esters is 1. The third-order valence-corrected chi connectivity index (χ3v) is 3.46. The molecule has 0 radical (unpaired) electrons. The second kappa shape index (κ2) is 11.2. The molecule has 1 aromatic rings. The zero-order valence-corrected chi connectivity index (χ0v) is 13.4. The molecule has 0 amide bonds. The number of nitrogens with one attached hydrogen (secondary N) is 1. The molecular weight excluding hydrogens is 262 g/mol. The number of benzene rings is 1. The van der Waals surface area contributed by atoms with E-state index in [1.165, 1.54) is 19.3 Å². The van der Waals surface area contributed by atoms with Crippen LogP contribution in [0.5, 0.6) is 0 Å². The number of carbonyl (C=O) groups is 1. The molecule has 0 heterocycles. The van der Waals surface area contributed by atoms with Gasteiger partial charge in [0.1, 0.15) is 0 Å². The van der Waals surface area contributed by atoms with E-state index in [4.69, 9.17) is 4.74 Å². The number of anilines is 1. The van der Waals surface area contributed by atoms with E-state index in [-0.39, 0.29) is 12.1 Å². The van der Waals surface area contributed by atoms with Crippen molar-refractivity contribution in [3.63, 3.8) is 0 Å². The molecule has 1 rings (SSSR count). The van der Waals surface area contributed by atoms with Crippen LogP contribution in [-0.2, 0) is 9.53 Å². The number of hydrogen-bond acceptors (Lipinski definition) is 3. The van der Waals surface area contributed by atoms with Gasteiger partial charge in [0.15, 0.2) is 0 Å². The topological polar surface area (TPSA) is 38.3 Å². The third kappa shape index (κ3) is 9.11. The van der Waals surface area contributed by atoms with Crippen molar-refractivity contribution in [3.05, 3.63) is 30.3 Å². The number of para-hydroxylation sites is 1. The summed E-state index contributed by atoms with van der Waals surface area (Å²) in [6.07, 6.45) is 7.21. The average Bonchev–Trinajstić information content (AvgIpc) is 2.49. The highest BCUT2D eigenvalue weighted by Crippen LogP contribution is 2.09. The molecule has 0 aliphatic rings. The second-order valence-electron chi connectivity index (χ2n) is 5.55. The lowest BCUT2D eigenvalue weighted by molar-refractivity contribution is -0.148. The van der Waals surface area contributed by atoms with Gasteiger partial charge in [-0.05, 0) is 38.3 Å². The lowest BCUT2D eigenvalue weighted by Gasteiger charge is -2.13.